The lowest BCUT2D eigenvalue weighted by atomic mass is 9.66. The lowest BCUT2D eigenvalue weighted by Gasteiger charge is -2.35. The van der Waals surface area contributed by atoms with Crippen LogP contribution in [0.15, 0.2) is 254 Å². The van der Waals surface area contributed by atoms with E-state index in [1.807, 2.05) is 11.3 Å². The maximum atomic E-state index is 2.48. The lowest BCUT2D eigenvalue weighted by Crippen LogP contribution is -2.29. The molecule has 0 saturated heterocycles. The van der Waals surface area contributed by atoms with Crippen molar-refractivity contribution in [2.24, 2.45) is 0 Å². The highest BCUT2D eigenvalue weighted by atomic mass is 32.1. The van der Waals surface area contributed by atoms with Crippen LogP contribution in [0.25, 0.3) is 75.5 Å². The summed E-state index contributed by atoms with van der Waals surface area (Å²) < 4.78 is 2.58. The van der Waals surface area contributed by atoms with Gasteiger partial charge in [0.25, 0.3) is 0 Å². The molecule has 0 aliphatic heterocycles. The molecule has 316 valence electrons. The molecule has 2 heteroatoms. The van der Waals surface area contributed by atoms with Crippen LogP contribution in [-0.2, 0) is 5.41 Å². The summed E-state index contributed by atoms with van der Waals surface area (Å²) in [5.74, 6) is 0. The van der Waals surface area contributed by atoms with E-state index in [2.05, 4.69) is 254 Å². The van der Waals surface area contributed by atoms with Gasteiger partial charge in [0.15, 0.2) is 0 Å². The molecule has 13 rings (SSSR count). The van der Waals surface area contributed by atoms with Crippen molar-refractivity contribution in [2.45, 2.75) is 18.3 Å². The van der Waals surface area contributed by atoms with Gasteiger partial charge in [-0.15, -0.1) is 11.3 Å². The van der Waals surface area contributed by atoms with E-state index in [0.717, 1.165) is 24.2 Å². The Kier molecular flexibility index (Phi) is 9.47. The number of anilines is 3. The molecule has 0 saturated carbocycles. The van der Waals surface area contributed by atoms with Crippen molar-refractivity contribution >= 4 is 59.3 Å². The van der Waals surface area contributed by atoms with E-state index in [-0.39, 0.29) is 0 Å². The zero-order valence-corrected chi connectivity index (χ0v) is 37.8. The Labute approximate surface area is 395 Å². The zero-order valence-electron chi connectivity index (χ0n) is 36.9. The van der Waals surface area contributed by atoms with Gasteiger partial charge in [-0.05, 0) is 145 Å². The minimum atomic E-state index is -0.399. The quantitative estimate of drug-likeness (QED) is 0.147. The minimum absolute atomic E-state index is 0.399. The topological polar surface area (TPSA) is 3.24 Å². The molecule has 1 heterocycles. The van der Waals surface area contributed by atoms with Gasteiger partial charge in [0.1, 0.15) is 0 Å². The summed E-state index contributed by atoms with van der Waals surface area (Å²) in [6.07, 6.45) is 9.33. The Morgan fingerprint density at radius 3 is 1.81 bits per heavy atom. The molecule has 1 nitrogen and oxygen atoms in total. The van der Waals surface area contributed by atoms with Crippen LogP contribution >= 0.6 is 11.3 Å². The van der Waals surface area contributed by atoms with Crippen LogP contribution in [0, 0.1) is 0 Å². The molecule has 67 heavy (non-hydrogen) atoms. The summed E-state index contributed by atoms with van der Waals surface area (Å²) in [6, 6.07) is 85.5. The molecule has 2 aliphatic carbocycles. The molecule has 0 radical (unpaired) electrons. The van der Waals surface area contributed by atoms with Crippen LogP contribution in [0.3, 0.4) is 0 Å². The monoisotopic (exact) mass is 871 g/mol. The summed E-state index contributed by atoms with van der Waals surface area (Å²) in [5.41, 5.74) is 18.2. The lowest BCUT2D eigenvalue weighted by molar-refractivity contribution is 0.752. The first kappa shape index (κ1) is 39.3. The molecular weight excluding hydrogens is 827 g/mol. The molecule has 0 spiro atoms. The van der Waals surface area contributed by atoms with Crippen molar-refractivity contribution in [1.82, 2.24) is 0 Å². The number of hydrogen-bond acceptors (Lipinski definition) is 2. The largest absolute Gasteiger partial charge is 0.309 e. The van der Waals surface area contributed by atoms with Gasteiger partial charge in [0.05, 0.1) is 15.8 Å². The molecular formula is C65H45NS. The number of allylic oxidation sites excluding steroid dienone is 4. The molecule has 1 unspecified atom stereocenters. The van der Waals surface area contributed by atoms with Crippen LogP contribution < -0.4 is 4.90 Å². The number of thiophene rings is 1. The molecule has 10 aromatic carbocycles. The van der Waals surface area contributed by atoms with Crippen LogP contribution in [0.5, 0.6) is 0 Å². The van der Waals surface area contributed by atoms with Crippen molar-refractivity contribution in [3.05, 3.63) is 271 Å². The Balaban J connectivity index is 0.909. The molecule has 0 N–H and O–H groups in total. The van der Waals surface area contributed by atoms with Crippen molar-refractivity contribution in [3.63, 3.8) is 0 Å². The Morgan fingerprint density at radius 2 is 1.01 bits per heavy atom. The third kappa shape index (κ3) is 6.51. The van der Waals surface area contributed by atoms with Gasteiger partial charge >= 0.3 is 0 Å². The number of rotatable bonds is 8. The van der Waals surface area contributed by atoms with Gasteiger partial charge in [-0.3, -0.25) is 0 Å². The fourth-order valence-corrected chi connectivity index (χ4v) is 12.2. The van der Waals surface area contributed by atoms with E-state index in [4.69, 9.17) is 0 Å². The predicted octanol–water partition coefficient (Wildman–Crippen LogP) is 18.3. The van der Waals surface area contributed by atoms with Gasteiger partial charge < -0.3 is 4.90 Å². The second-order valence-corrected chi connectivity index (χ2v) is 18.9. The number of nitrogens with zero attached hydrogens (tertiary/aromatic N) is 1. The van der Waals surface area contributed by atoms with Gasteiger partial charge in [-0.25, -0.2) is 0 Å². The molecule has 11 aromatic rings. The fourth-order valence-electron chi connectivity index (χ4n) is 11.0. The highest BCUT2D eigenvalue weighted by Gasteiger charge is 2.46. The van der Waals surface area contributed by atoms with Crippen LogP contribution in [0.4, 0.5) is 17.1 Å². The Bertz CT molecular complexity index is 3740. The highest BCUT2D eigenvalue weighted by molar-refractivity contribution is 7.26. The Morgan fingerprint density at radius 1 is 0.403 bits per heavy atom. The van der Waals surface area contributed by atoms with Crippen LogP contribution in [0.1, 0.15) is 29.5 Å². The van der Waals surface area contributed by atoms with Crippen LogP contribution in [-0.4, -0.2) is 0 Å². The third-order valence-electron chi connectivity index (χ3n) is 14.2. The van der Waals surface area contributed by atoms with Crippen molar-refractivity contribution in [3.8, 4) is 44.5 Å². The molecule has 0 fully saturated rings. The van der Waals surface area contributed by atoms with E-state index >= 15 is 0 Å². The van der Waals surface area contributed by atoms with Crippen molar-refractivity contribution in [1.29, 1.82) is 0 Å². The molecule has 2 aliphatic rings. The smallest absolute Gasteiger partial charge is 0.0710 e. The molecule has 0 amide bonds. The number of hydrogen-bond donors (Lipinski definition) is 0. The van der Waals surface area contributed by atoms with Crippen molar-refractivity contribution < 1.29 is 0 Å². The average molecular weight is 872 g/mol. The summed E-state index contributed by atoms with van der Waals surface area (Å²) in [5, 5.41) is 5.09. The average Bonchev–Trinajstić information content (AvgIpc) is 3.94. The standard InChI is InChI=1S/C65H45NS/c1-3-19-52(20-4-1)65(53-21-5-2-6-22-53)60-26-11-9-23-56(60)57-40-35-51(43-61(57)65)46-33-38-55(39-34-46)66(62-27-14-25-59-58-24-10-12-28-63(58)67-64(59)62)54-36-31-45(32-37-54)48-17-13-18-49(41-48)50-30-29-44-15-7-8-16-47(44)42-50/h1,3-5,7-43H,2,6H2. The predicted molar refractivity (Wildman–Crippen MR) is 286 cm³/mol. The Hall–Kier alpha value is -8.04. The van der Waals surface area contributed by atoms with Crippen LogP contribution in [0.2, 0.25) is 0 Å². The van der Waals surface area contributed by atoms with E-state index in [1.165, 1.54) is 103 Å². The van der Waals surface area contributed by atoms with Gasteiger partial charge in [-0.1, -0.05) is 194 Å². The zero-order chi connectivity index (χ0) is 44.3. The van der Waals surface area contributed by atoms with Gasteiger partial charge in [0.2, 0.25) is 0 Å². The van der Waals surface area contributed by atoms with Gasteiger partial charge in [0, 0.05) is 26.8 Å². The first-order valence-electron chi connectivity index (χ1n) is 23.4. The maximum Gasteiger partial charge on any atom is 0.0710 e. The van der Waals surface area contributed by atoms with E-state index in [9.17, 15) is 0 Å². The van der Waals surface area contributed by atoms with E-state index < -0.39 is 5.41 Å². The normalized spacial score (nSPS) is 15.1. The fraction of sp³-hybridized carbons (Fsp3) is 0.0462. The van der Waals surface area contributed by atoms with Crippen molar-refractivity contribution in [2.75, 3.05) is 4.90 Å². The first-order chi connectivity index (χ1) is 33.2. The van der Waals surface area contributed by atoms with E-state index in [0.29, 0.717) is 0 Å². The third-order valence-corrected chi connectivity index (χ3v) is 15.4. The molecule has 1 atom stereocenters. The summed E-state index contributed by atoms with van der Waals surface area (Å²) in [6.45, 7) is 0. The highest BCUT2D eigenvalue weighted by Crippen LogP contribution is 2.58. The summed E-state index contributed by atoms with van der Waals surface area (Å²) >= 11 is 1.87. The number of fused-ring (bicyclic) bond motifs is 7. The SMILES string of the molecule is C1=CC(C2(c3ccccc3)c3ccccc3-c3ccc(-c4ccc(N(c5ccc(-c6cccc(-c7ccc8ccccc8c7)c6)cc5)c5cccc6c5sc5ccccc56)cc4)cc32)=CCC1. The summed E-state index contributed by atoms with van der Waals surface area (Å²) in [7, 11) is 0. The van der Waals surface area contributed by atoms with Gasteiger partial charge in [-0.2, -0.15) is 0 Å². The minimum Gasteiger partial charge on any atom is -0.309 e. The second-order valence-electron chi connectivity index (χ2n) is 17.9. The number of benzene rings is 10. The second kappa shape index (κ2) is 16.1. The molecule has 1 aromatic heterocycles. The van der Waals surface area contributed by atoms with E-state index in [1.54, 1.807) is 0 Å². The summed E-state index contributed by atoms with van der Waals surface area (Å²) in [4.78, 5) is 2.44. The maximum absolute atomic E-state index is 2.48. The first-order valence-corrected chi connectivity index (χ1v) is 24.2. The molecule has 0 bridgehead atoms.